The number of nitrogens with zero attached hydrogens (tertiary/aromatic N) is 2. The zero-order valence-corrected chi connectivity index (χ0v) is 21.7. The molecule has 0 radical (unpaired) electrons. The van der Waals surface area contributed by atoms with Gasteiger partial charge < -0.3 is 14.4 Å². The number of fused-ring (bicyclic) bond motifs is 4. The van der Waals surface area contributed by atoms with Crippen molar-refractivity contribution in [2.24, 2.45) is 11.8 Å². The van der Waals surface area contributed by atoms with E-state index in [9.17, 15) is 9.59 Å². The lowest BCUT2D eigenvalue weighted by atomic mass is 9.60. The van der Waals surface area contributed by atoms with E-state index in [0.29, 0.717) is 18.5 Å². The van der Waals surface area contributed by atoms with Gasteiger partial charge in [0.05, 0.1) is 38.0 Å². The van der Waals surface area contributed by atoms with Crippen LogP contribution in [0.2, 0.25) is 0 Å². The van der Waals surface area contributed by atoms with Gasteiger partial charge in [-0.1, -0.05) is 61.9 Å². The third-order valence-corrected chi connectivity index (χ3v) is 9.05. The predicted molar refractivity (Wildman–Crippen MR) is 139 cm³/mol. The SMILES string of the molecule is CC[C@H]1CN2CC[C@]3(C(=O)N(Cc4ccccc4)c4ccccc43)C2(C)CC1/C(=C\OC)C(=O)OC. The molecule has 190 valence electrons. The van der Waals surface area contributed by atoms with Crippen LogP contribution in [0, 0.1) is 11.8 Å². The Hall–Kier alpha value is -3.12. The van der Waals surface area contributed by atoms with Crippen molar-refractivity contribution in [1.29, 1.82) is 0 Å². The highest BCUT2D eigenvalue weighted by atomic mass is 16.5. The number of anilines is 1. The van der Waals surface area contributed by atoms with Crippen LogP contribution in [0.4, 0.5) is 5.69 Å². The number of hydrogen-bond acceptors (Lipinski definition) is 5. The molecule has 0 saturated carbocycles. The van der Waals surface area contributed by atoms with Crippen molar-refractivity contribution < 1.29 is 19.1 Å². The first-order valence-electron chi connectivity index (χ1n) is 12.9. The average molecular weight is 489 g/mol. The summed E-state index contributed by atoms with van der Waals surface area (Å²) >= 11 is 0. The molecule has 36 heavy (non-hydrogen) atoms. The number of carbonyl (C=O) groups excluding carboxylic acids is 2. The summed E-state index contributed by atoms with van der Waals surface area (Å²) in [5.74, 6) is 0.0393. The van der Waals surface area contributed by atoms with Crippen LogP contribution in [0.3, 0.4) is 0 Å². The molecule has 2 aromatic rings. The van der Waals surface area contributed by atoms with Gasteiger partial charge in [0.25, 0.3) is 0 Å². The van der Waals surface area contributed by atoms with E-state index in [4.69, 9.17) is 9.47 Å². The van der Waals surface area contributed by atoms with Crippen LogP contribution in [-0.4, -0.2) is 49.6 Å². The van der Waals surface area contributed by atoms with Crippen LogP contribution in [-0.2, 0) is 31.0 Å². The molecule has 0 bridgehead atoms. The third-order valence-electron chi connectivity index (χ3n) is 9.05. The first-order chi connectivity index (χ1) is 17.4. The van der Waals surface area contributed by atoms with Crippen LogP contribution in [0.1, 0.15) is 44.2 Å². The molecule has 3 aliphatic rings. The lowest BCUT2D eigenvalue weighted by Gasteiger charge is -2.53. The fraction of sp³-hybridized carbons (Fsp3) is 0.467. The molecule has 2 unspecified atom stereocenters. The Morgan fingerprint density at radius 1 is 1.11 bits per heavy atom. The summed E-state index contributed by atoms with van der Waals surface area (Å²) in [6.45, 7) is 6.66. The number of benzene rings is 2. The van der Waals surface area contributed by atoms with Gasteiger partial charge in [0.15, 0.2) is 0 Å². The highest BCUT2D eigenvalue weighted by Gasteiger charge is 2.68. The molecule has 1 spiro atoms. The number of esters is 1. The summed E-state index contributed by atoms with van der Waals surface area (Å²) in [6.07, 6.45) is 3.95. The molecule has 1 amide bonds. The molecule has 0 N–H and O–H groups in total. The van der Waals surface area contributed by atoms with Gasteiger partial charge in [0, 0.05) is 24.3 Å². The fourth-order valence-corrected chi connectivity index (χ4v) is 7.21. The first kappa shape index (κ1) is 24.6. The molecule has 0 aromatic heterocycles. The third kappa shape index (κ3) is 3.49. The number of rotatable bonds is 6. The summed E-state index contributed by atoms with van der Waals surface area (Å²) in [5, 5.41) is 0. The van der Waals surface area contributed by atoms with Crippen molar-refractivity contribution in [3.05, 3.63) is 77.6 Å². The van der Waals surface area contributed by atoms with Crippen molar-refractivity contribution in [3.63, 3.8) is 0 Å². The summed E-state index contributed by atoms with van der Waals surface area (Å²) < 4.78 is 10.5. The zero-order chi connectivity index (χ0) is 25.5. The molecular weight excluding hydrogens is 452 g/mol. The van der Waals surface area contributed by atoms with Gasteiger partial charge in [-0.2, -0.15) is 0 Å². The maximum Gasteiger partial charge on any atom is 0.337 e. The van der Waals surface area contributed by atoms with E-state index >= 15 is 0 Å². The summed E-state index contributed by atoms with van der Waals surface area (Å²) in [6, 6.07) is 18.5. The highest BCUT2D eigenvalue weighted by molar-refractivity contribution is 6.09. The van der Waals surface area contributed by atoms with Crippen LogP contribution in [0.25, 0.3) is 0 Å². The van der Waals surface area contributed by atoms with Crippen LogP contribution < -0.4 is 4.90 Å². The molecule has 2 aromatic carbocycles. The second-order valence-electron chi connectivity index (χ2n) is 10.5. The molecule has 6 nitrogen and oxygen atoms in total. The Morgan fingerprint density at radius 2 is 1.83 bits per heavy atom. The molecule has 6 heteroatoms. The summed E-state index contributed by atoms with van der Waals surface area (Å²) in [5.41, 5.74) is 2.69. The maximum atomic E-state index is 14.6. The second-order valence-corrected chi connectivity index (χ2v) is 10.5. The largest absolute Gasteiger partial charge is 0.504 e. The van der Waals surface area contributed by atoms with Crippen LogP contribution >= 0.6 is 0 Å². The van der Waals surface area contributed by atoms with E-state index in [1.807, 2.05) is 35.2 Å². The van der Waals surface area contributed by atoms with Gasteiger partial charge in [0.1, 0.15) is 0 Å². The molecule has 3 aliphatic heterocycles. The minimum atomic E-state index is -0.663. The Morgan fingerprint density at radius 3 is 2.53 bits per heavy atom. The fourth-order valence-electron chi connectivity index (χ4n) is 7.21. The number of amides is 1. The normalized spacial score (nSPS) is 29.8. The minimum Gasteiger partial charge on any atom is -0.504 e. The number of carbonyl (C=O) groups is 2. The lowest BCUT2D eigenvalue weighted by molar-refractivity contribution is -0.138. The smallest absolute Gasteiger partial charge is 0.337 e. The van der Waals surface area contributed by atoms with Gasteiger partial charge in [-0.05, 0) is 48.8 Å². The molecule has 4 atom stereocenters. The van der Waals surface area contributed by atoms with Crippen molar-refractivity contribution in [2.45, 2.75) is 50.6 Å². The molecule has 3 heterocycles. The van der Waals surface area contributed by atoms with E-state index in [1.165, 1.54) is 7.11 Å². The monoisotopic (exact) mass is 488 g/mol. The standard InChI is InChI=1S/C30H36N2O4/c1-5-22-19-31-16-15-30(29(31,2)17-23(22)24(20-35-3)27(33)36-4)25-13-9-10-14-26(25)32(28(30)34)18-21-11-7-6-8-12-21/h6-14,20,22-23H,5,15-19H2,1-4H3/b24-20+/t22-,23?,29?,30-/m0/s1. The Bertz CT molecular complexity index is 1180. The average Bonchev–Trinajstić information content (AvgIpc) is 3.34. The van der Waals surface area contributed by atoms with E-state index in [2.05, 4.69) is 43.0 Å². The van der Waals surface area contributed by atoms with E-state index in [-0.39, 0.29) is 23.7 Å². The van der Waals surface area contributed by atoms with Gasteiger partial charge in [0.2, 0.25) is 5.91 Å². The molecular formula is C30H36N2O4. The van der Waals surface area contributed by atoms with Crippen LogP contribution in [0.5, 0.6) is 0 Å². The van der Waals surface area contributed by atoms with Gasteiger partial charge in [-0.25, -0.2) is 4.79 Å². The van der Waals surface area contributed by atoms with Gasteiger partial charge >= 0.3 is 5.97 Å². The summed E-state index contributed by atoms with van der Waals surface area (Å²) in [4.78, 5) is 31.9. The highest BCUT2D eigenvalue weighted by Crippen LogP contribution is 2.60. The molecule has 2 saturated heterocycles. The Balaban J connectivity index is 1.60. The van der Waals surface area contributed by atoms with Gasteiger partial charge in [-0.15, -0.1) is 0 Å². The van der Waals surface area contributed by atoms with Crippen LogP contribution in [0.15, 0.2) is 66.4 Å². The van der Waals surface area contributed by atoms with E-state index in [1.54, 1.807) is 13.4 Å². The number of methoxy groups -OCH3 is 2. The summed E-state index contributed by atoms with van der Waals surface area (Å²) in [7, 11) is 2.98. The Kier molecular flexibility index (Phi) is 6.41. The maximum absolute atomic E-state index is 14.6. The zero-order valence-electron chi connectivity index (χ0n) is 21.7. The Labute approximate surface area is 213 Å². The van der Waals surface area contributed by atoms with Crippen molar-refractivity contribution >= 4 is 17.6 Å². The van der Waals surface area contributed by atoms with Crippen molar-refractivity contribution in [1.82, 2.24) is 4.90 Å². The molecule has 5 rings (SSSR count). The molecule has 0 aliphatic carbocycles. The topological polar surface area (TPSA) is 59.1 Å². The quantitative estimate of drug-likeness (QED) is 0.336. The molecule has 2 fully saturated rings. The van der Waals surface area contributed by atoms with Gasteiger partial charge in [-0.3, -0.25) is 9.69 Å². The predicted octanol–water partition coefficient (Wildman–Crippen LogP) is 4.69. The van der Waals surface area contributed by atoms with Crippen molar-refractivity contribution in [2.75, 3.05) is 32.2 Å². The lowest BCUT2D eigenvalue weighted by Crippen LogP contribution is -2.63. The van der Waals surface area contributed by atoms with E-state index in [0.717, 1.165) is 42.7 Å². The number of para-hydroxylation sites is 1. The van der Waals surface area contributed by atoms with E-state index < -0.39 is 11.0 Å². The number of piperidine rings is 1. The number of hydrogen-bond donors (Lipinski definition) is 0. The second kappa shape index (κ2) is 9.40. The minimum absolute atomic E-state index is 0.0539. The number of ether oxygens (including phenoxy) is 2. The van der Waals surface area contributed by atoms with Crippen molar-refractivity contribution in [3.8, 4) is 0 Å². The first-order valence-corrected chi connectivity index (χ1v) is 12.9.